The van der Waals surface area contributed by atoms with Crippen molar-refractivity contribution in [1.29, 1.82) is 0 Å². The van der Waals surface area contributed by atoms with Crippen LogP contribution in [0.15, 0.2) is 18.2 Å². The molecule has 0 bridgehead atoms. The third kappa shape index (κ3) is 2.35. The maximum atomic E-state index is 14.1. The van der Waals surface area contributed by atoms with Crippen LogP contribution < -0.4 is 5.73 Å². The number of halogens is 2. The van der Waals surface area contributed by atoms with Gasteiger partial charge in [-0.3, -0.25) is 0 Å². The first-order valence-corrected chi connectivity index (χ1v) is 7.31. The summed E-state index contributed by atoms with van der Waals surface area (Å²) >= 11 is 0. The highest BCUT2D eigenvalue weighted by Gasteiger charge is 2.28. The first-order chi connectivity index (χ1) is 9.99. The minimum atomic E-state index is -0.476. The molecule has 1 heterocycles. The van der Waals surface area contributed by atoms with E-state index in [1.807, 2.05) is 13.8 Å². The zero-order valence-corrected chi connectivity index (χ0v) is 12.2. The van der Waals surface area contributed by atoms with Crippen molar-refractivity contribution in [2.75, 3.05) is 0 Å². The maximum absolute atomic E-state index is 14.1. The summed E-state index contributed by atoms with van der Waals surface area (Å²) in [5.41, 5.74) is 9.20. The Morgan fingerprint density at radius 2 is 2.10 bits per heavy atom. The van der Waals surface area contributed by atoms with Gasteiger partial charge in [0, 0.05) is 23.4 Å². The van der Waals surface area contributed by atoms with Crippen molar-refractivity contribution >= 4 is 0 Å². The summed E-state index contributed by atoms with van der Waals surface area (Å²) in [6.45, 7) is 4.08. The van der Waals surface area contributed by atoms with Crippen LogP contribution in [0.5, 0.6) is 0 Å². The van der Waals surface area contributed by atoms with E-state index in [1.165, 1.54) is 6.07 Å². The van der Waals surface area contributed by atoms with Gasteiger partial charge >= 0.3 is 0 Å². The third-order valence-electron chi connectivity index (χ3n) is 4.03. The minimum Gasteiger partial charge on any atom is -0.324 e. The van der Waals surface area contributed by atoms with Crippen LogP contribution in [0.1, 0.15) is 55.6 Å². The number of aromatic nitrogens is 2. The Hall–Kier alpha value is -1.75. The van der Waals surface area contributed by atoms with Gasteiger partial charge in [-0.2, -0.15) is 5.10 Å². The summed E-state index contributed by atoms with van der Waals surface area (Å²) < 4.78 is 29.1. The van der Waals surface area contributed by atoms with Gasteiger partial charge in [0.25, 0.3) is 0 Å². The summed E-state index contributed by atoms with van der Waals surface area (Å²) in [4.78, 5) is 0. The van der Waals surface area contributed by atoms with Crippen molar-refractivity contribution < 1.29 is 8.78 Å². The fourth-order valence-corrected chi connectivity index (χ4v) is 3.04. The van der Waals surface area contributed by atoms with Gasteiger partial charge in [-0.25, -0.2) is 13.5 Å². The van der Waals surface area contributed by atoms with Crippen molar-refractivity contribution in [3.8, 4) is 5.69 Å². The van der Waals surface area contributed by atoms with Crippen molar-refractivity contribution in [3.63, 3.8) is 0 Å². The number of hydrogen-bond donors (Lipinski definition) is 1. The van der Waals surface area contributed by atoms with Gasteiger partial charge in [0.1, 0.15) is 17.3 Å². The van der Waals surface area contributed by atoms with E-state index >= 15 is 0 Å². The number of hydrogen-bond acceptors (Lipinski definition) is 2. The molecule has 3 nitrogen and oxygen atoms in total. The van der Waals surface area contributed by atoms with Gasteiger partial charge in [0.2, 0.25) is 0 Å². The van der Waals surface area contributed by atoms with Crippen molar-refractivity contribution in [1.82, 2.24) is 9.78 Å². The van der Waals surface area contributed by atoms with E-state index in [0.717, 1.165) is 48.3 Å². The third-order valence-corrected chi connectivity index (χ3v) is 4.03. The predicted molar refractivity (Wildman–Crippen MR) is 77.4 cm³/mol. The maximum Gasteiger partial charge on any atom is 0.149 e. The first-order valence-electron chi connectivity index (χ1n) is 7.31. The second-order valence-corrected chi connectivity index (χ2v) is 5.91. The minimum absolute atomic E-state index is 0.0727. The molecule has 5 heteroatoms. The molecule has 0 fully saturated rings. The Labute approximate surface area is 122 Å². The number of fused-ring (bicyclic) bond motifs is 1. The second kappa shape index (κ2) is 5.22. The molecular formula is C16H19F2N3. The fourth-order valence-electron chi connectivity index (χ4n) is 3.04. The molecule has 1 aromatic carbocycles. The lowest BCUT2D eigenvalue weighted by Gasteiger charge is -2.21. The number of nitrogens with zero attached hydrogens (tertiary/aromatic N) is 2. The molecule has 1 unspecified atom stereocenters. The molecule has 0 amide bonds. The van der Waals surface area contributed by atoms with Crippen LogP contribution in [0.25, 0.3) is 5.69 Å². The summed E-state index contributed by atoms with van der Waals surface area (Å²) in [5.74, 6) is -0.751. The molecule has 0 aliphatic heterocycles. The molecule has 1 atom stereocenters. The largest absolute Gasteiger partial charge is 0.324 e. The molecule has 0 saturated carbocycles. The highest BCUT2D eigenvalue weighted by molar-refractivity contribution is 5.42. The zero-order valence-electron chi connectivity index (χ0n) is 12.2. The van der Waals surface area contributed by atoms with Gasteiger partial charge in [-0.05, 0) is 37.3 Å². The van der Waals surface area contributed by atoms with Crippen LogP contribution in [0.2, 0.25) is 0 Å². The van der Waals surface area contributed by atoms with E-state index in [4.69, 9.17) is 5.73 Å². The van der Waals surface area contributed by atoms with Gasteiger partial charge in [-0.1, -0.05) is 13.8 Å². The Balaban J connectivity index is 2.24. The van der Waals surface area contributed by atoms with Crippen molar-refractivity contribution in [2.45, 2.75) is 45.1 Å². The van der Waals surface area contributed by atoms with Crippen LogP contribution in [-0.2, 0) is 6.42 Å². The predicted octanol–water partition coefficient (Wildman–Crippen LogP) is 3.61. The lowest BCUT2D eigenvalue weighted by atomic mass is 9.89. The SMILES string of the molecule is CC(C)c1nn(-c2cc(F)ccc2F)c2c1C(N)CCC2. The van der Waals surface area contributed by atoms with Gasteiger partial charge in [0.15, 0.2) is 0 Å². The highest BCUT2D eigenvalue weighted by Crippen LogP contribution is 2.35. The van der Waals surface area contributed by atoms with Crippen LogP contribution in [0, 0.1) is 11.6 Å². The molecule has 21 heavy (non-hydrogen) atoms. The van der Waals surface area contributed by atoms with Crippen molar-refractivity contribution in [2.24, 2.45) is 5.73 Å². The summed E-state index contributed by atoms with van der Waals surface area (Å²) in [6, 6.07) is 3.37. The summed E-state index contributed by atoms with van der Waals surface area (Å²) in [7, 11) is 0. The van der Waals surface area contributed by atoms with Crippen LogP contribution in [0.4, 0.5) is 8.78 Å². The standard InChI is InChI=1S/C16H19F2N3/c1-9(2)16-15-12(19)4-3-5-13(15)21(20-16)14-8-10(17)6-7-11(14)18/h6-9,12H,3-5,19H2,1-2H3. The van der Waals surface area contributed by atoms with E-state index in [1.54, 1.807) is 4.68 Å². The molecule has 0 radical (unpaired) electrons. The van der Waals surface area contributed by atoms with Crippen LogP contribution >= 0.6 is 0 Å². The molecule has 3 rings (SSSR count). The Morgan fingerprint density at radius 3 is 2.81 bits per heavy atom. The van der Waals surface area contributed by atoms with Gasteiger partial charge in [0.05, 0.1) is 5.69 Å². The number of rotatable bonds is 2. The quantitative estimate of drug-likeness (QED) is 0.918. The van der Waals surface area contributed by atoms with Gasteiger partial charge < -0.3 is 5.73 Å². The topological polar surface area (TPSA) is 43.8 Å². The average molecular weight is 291 g/mol. The summed E-state index contributed by atoms with van der Waals surface area (Å²) in [6.07, 6.45) is 2.64. The van der Waals surface area contributed by atoms with Crippen LogP contribution in [-0.4, -0.2) is 9.78 Å². The molecule has 0 spiro atoms. The Kier molecular flexibility index (Phi) is 3.53. The molecular weight excluding hydrogens is 272 g/mol. The molecule has 1 aromatic heterocycles. The molecule has 1 aliphatic carbocycles. The molecule has 2 aromatic rings. The zero-order chi connectivity index (χ0) is 15.1. The molecule has 0 saturated heterocycles. The Bertz CT molecular complexity index is 676. The number of nitrogens with two attached hydrogens (primary N) is 1. The first kappa shape index (κ1) is 14.2. The fraction of sp³-hybridized carbons (Fsp3) is 0.438. The molecule has 2 N–H and O–H groups in total. The molecule has 1 aliphatic rings. The highest BCUT2D eigenvalue weighted by atomic mass is 19.1. The normalized spacial score (nSPS) is 18.1. The lowest BCUT2D eigenvalue weighted by Crippen LogP contribution is -2.19. The van der Waals surface area contributed by atoms with E-state index in [9.17, 15) is 8.78 Å². The average Bonchev–Trinajstić information content (AvgIpc) is 2.82. The smallest absolute Gasteiger partial charge is 0.149 e. The van der Waals surface area contributed by atoms with Gasteiger partial charge in [-0.15, -0.1) is 0 Å². The number of benzene rings is 1. The summed E-state index contributed by atoms with van der Waals surface area (Å²) in [5, 5.41) is 4.54. The second-order valence-electron chi connectivity index (χ2n) is 5.91. The Morgan fingerprint density at radius 1 is 1.33 bits per heavy atom. The van der Waals surface area contributed by atoms with E-state index in [-0.39, 0.29) is 17.6 Å². The van der Waals surface area contributed by atoms with E-state index < -0.39 is 11.6 Å². The molecule has 112 valence electrons. The van der Waals surface area contributed by atoms with Crippen LogP contribution in [0.3, 0.4) is 0 Å². The van der Waals surface area contributed by atoms with E-state index in [0.29, 0.717) is 0 Å². The van der Waals surface area contributed by atoms with Crippen molar-refractivity contribution in [3.05, 3.63) is 46.8 Å². The lowest BCUT2D eigenvalue weighted by molar-refractivity contribution is 0.546. The monoisotopic (exact) mass is 291 g/mol. The van der Waals surface area contributed by atoms with E-state index in [2.05, 4.69) is 5.10 Å².